The van der Waals surface area contributed by atoms with Gasteiger partial charge in [0, 0.05) is 18.8 Å². The molecular weight excluding hydrogens is 394 g/mol. The van der Waals surface area contributed by atoms with E-state index in [4.69, 9.17) is 0 Å². The highest BCUT2D eigenvalue weighted by Gasteiger charge is 2.18. The van der Waals surface area contributed by atoms with Gasteiger partial charge in [0.25, 0.3) is 0 Å². The molecule has 0 aromatic carbocycles. The Hall–Kier alpha value is 0.310. The van der Waals surface area contributed by atoms with Crippen LogP contribution in [0.25, 0.3) is 0 Å². The Morgan fingerprint density at radius 3 is 1.84 bits per heavy atom. The van der Waals surface area contributed by atoms with Crippen LogP contribution in [0.2, 0.25) is 0 Å². The quantitative estimate of drug-likeness (QED) is 0.118. The van der Waals surface area contributed by atoms with Gasteiger partial charge in [-0.25, -0.2) is 0 Å². The third-order valence-electron chi connectivity index (χ3n) is 7.43. The fourth-order valence-corrected chi connectivity index (χ4v) is 5.84. The summed E-state index contributed by atoms with van der Waals surface area (Å²) >= 11 is 2.15. The molecule has 188 valence electrons. The van der Waals surface area contributed by atoms with Gasteiger partial charge in [0.1, 0.15) is 0 Å². The summed E-state index contributed by atoms with van der Waals surface area (Å²) in [6.07, 6.45) is 18.1. The van der Waals surface area contributed by atoms with Gasteiger partial charge < -0.3 is 0 Å². The van der Waals surface area contributed by atoms with Crippen molar-refractivity contribution >= 4 is 11.9 Å². The van der Waals surface area contributed by atoms with Gasteiger partial charge in [0.05, 0.1) is 0 Å². The summed E-state index contributed by atoms with van der Waals surface area (Å²) in [6.45, 7) is 21.9. The number of hydrogen-bond donors (Lipinski definition) is 0. The summed E-state index contributed by atoms with van der Waals surface area (Å²) in [5.41, 5.74) is 0. The summed E-state index contributed by atoms with van der Waals surface area (Å²) in [4.78, 5) is 0. The normalized spacial score (nSPS) is 16.1. The Labute approximate surface area is 203 Å². The SMILES string of the molecule is CCCCCC(C)C(C)CN(CCCC)SCCCC(C)CC(CCCCC)C(C)C. The second-order valence-corrected chi connectivity index (χ2v) is 12.2. The van der Waals surface area contributed by atoms with E-state index in [0.717, 1.165) is 29.6 Å². The largest absolute Gasteiger partial charge is 0.250 e. The Kier molecular flexibility index (Phi) is 21.1. The molecule has 31 heavy (non-hydrogen) atoms. The fraction of sp³-hybridized carbons (Fsp3) is 1.00. The molecule has 2 heteroatoms. The molecule has 0 saturated heterocycles. The lowest BCUT2D eigenvalue weighted by atomic mass is 9.82. The molecule has 0 aliphatic heterocycles. The number of hydrogen-bond acceptors (Lipinski definition) is 2. The van der Waals surface area contributed by atoms with Crippen LogP contribution in [0.4, 0.5) is 0 Å². The van der Waals surface area contributed by atoms with Crippen molar-refractivity contribution in [3.05, 3.63) is 0 Å². The first-order valence-corrected chi connectivity index (χ1v) is 15.2. The Morgan fingerprint density at radius 2 is 1.26 bits per heavy atom. The molecule has 0 fully saturated rings. The molecular formula is C29H61NS. The van der Waals surface area contributed by atoms with Crippen LogP contribution >= 0.6 is 11.9 Å². The molecule has 0 aromatic rings. The number of rotatable bonds is 22. The molecule has 4 unspecified atom stereocenters. The lowest BCUT2D eigenvalue weighted by Crippen LogP contribution is -2.27. The number of nitrogens with zero attached hydrogens (tertiary/aromatic N) is 1. The van der Waals surface area contributed by atoms with Crippen molar-refractivity contribution < 1.29 is 0 Å². The lowest BCUT2D eigenvalue weighted by Gasteiger charge is -2.28. The van der Waals surface area contributed by atoms with Crippen molar-refractivity contribution in [2.24, 2.45) is 29.6 Å². The number of unbranched alkanes of at least 4 members (excludes halogenated alkanes) is 5. The van der Waals surface area contributed by atoms with Crippen LogP contribution in [0, 0.1) is 29.6 Å². The molecule has 0 amide bonds. The van der Waals surface area contributed by atoms with Gasteiger partial charge in [0.15, 0.2) is 0 Å². The van der Waals surface area contributed by atoms with Crippen LogP contribution < -0.4 is 0 Å². The van der Waals surface area contributed by atoms with Gasteiger partial charge in [-0.3, -0.25) is 4.31 Å². The van der Waals surface area contributed by atoms with Crippen LogP contribution in [-0.4, -0.2) is 23.1 Å². The molecule has 0 rings (SSSR count). The minimum Gasteiger partial charge on any atom is -0.250 e. The minimum atomic E-state index is 0.815. The molecule has 0 saturated carbocycles. The third-order valence-corrected chi connectivity index (χ3v) is 8.60. The summed E-state index contributed by atoms with van der Waals surface area (Å²) in [5.74, 6) is 5.65. The summed E-state index contributed by atoms with van der Waals surface area (Å²) in [7, 11) is 0. The predicted molar refractivity (Wildman–Crippen MR) is 147 cm³/mol. The van der Waals surface area contributed by atoms with Crippen LogP contribution in [0.1, 0.15) is 139 Å². The molecule has 0 bridgehead atoms. The minimum absolute atomic E-state index is 0.815. The molecule has 0 N–H and O–H groups in total. The van der Waals surface area contributed by atoms with Crippen molar-refractivity contribution in [1.29, 1.82) is 0 Å². The maximum absolute atomic E-state index is 2.72. The monoisotopic (exact) mass is 455 g/mol. The molecule has 0 radical (unpaired) electrons. The Morgan fingerprint density at radius 1 is 0.645 bits per heavy atom. The van der Waals surface area contributed by atoms with Gasteiger partial charge in [-0.05, 0) is 55.3 Å². The van der Waals surface area contributed by atoms with Gasteiger partial charge in [0.2, 0.25) is 0 Å². The molecule has 0 heterocycles. The standard InChI is InChI=1S/C29H61NS/c1-9-12-15-19-27(7)28(8)24-30(21-14-11-3)31-22-17-18-26(6)23-29(25(4)5)20-16-13-10-2/h25-29H,9-24H2,1-8H3. The highest BCUT2D eigenvalue weighted by Crippen LogP contribution is 2.29. The molecule has 1 nitrogen and oxygen atoms in total. The second kappa shape index (κ2) is 20.9. The van der Waals surface area contributed by atoms with Gasteiger partial charge in [-0.2, -0.15) is 0 Å². The van der Waals surface area contributed by atoms with Crippen molar-refractivity contribution in [2.75, 3.05) is 18.8 Å². The second-order valence-electron chi connectivity index (χ2n) is 11.0. The lowest BCUT2D eigenvalue weighted by molar-refractivity contribution is 0.273. The van der Waals surface area contributed by atoms with Crippen LogP contribution in [-0.2, 0) is 0 Å². The van der Waals surface area contributed by atoms with Crippen LogP contribution in [0.15, 0.2) is 0 Å². The zero-order valence-corrected chi connectivity index (χ0v) is 23.9. The van der Waals surface area contributed by atoms with E-state index in [0.29, 0.717) is 0 Å². The van der Waals surface area contributed by atoms with E-state index in [1.165, 1.54) is 102 Å². The van der Waals surface area contributed by atoms with Crippen LogP contribution in [0.5, 0.6) is 0 Å². The summed E-state index contributed by atoms with van der Waals surface area (Å²) in [6, 6.07) is 0. The highest BCUT2D eigenvalue weighted by atomic mass is 32.2. The molecule has 0 aliphatic rings. The Bertz CT molecular complexity index is 370. The zero-order chi connectivity index (χ0) is 23.5. The maximum atomic E-state index is 2.72. The van der Waals surface area contributed by atoms with Crippen molar-refractivity contribution in [3.8, 4) is 0 Å². The molecule has 0 aliphatic carbocycles. The van der Waals surface area contributed by atoms with Crippen molar-refractivity contribution in [2.45, 2.75) is 139 Å². The molecule has 0 spiro atoms. The highest BCUT2D eigenvalue weighted by molar-refractivity contribution is 7.97. The van der Waals surface area contributed by atoms with Gasteiger partial charge in [-0.1, -0.05) is 125 Å². The van der Waals surface area contributed by atoms with E-state index in [9.17, 15) is 0 Å². The average molecular weight is 456 g/mol. The van der Waals surface area contributed by atoms with Crippen molar-refractivity contribution in [3.63, 3.8) is 0 Å². The first-order valence-electron chi connectivity index (χ1n) is 14.2. The topological polar surface area (TPSA) is 3.24 Å². The van der Waals surface area contributed by atoms with Gasteiger partial charge >= 0.3 is 0 Å². The summed E-state index contributed by atoms with van der Waals surface area (Å²) in [5, 5.41) is 0. The average Bonchev–Trinajstić information content (AvgIpc) is 2.73. The molecule has 4 atom stereocenters. The van der Waals surface area contributed by atoms with E-state index < -0.39 is 0 Å². The maximum Gasteiger partial charge on any atom is 0.0118 e. The first kappa shape index (κ1) is 31.3. The van der Waals surface area contributed by atoms with Crippen molar-refractivity contribution in [1.82, 2.24) is 4.31 Å². The van der Waals surface area contributed by atoms with Gasteiger partial charge in [-0.15, -0.1) is 0 Å². The first-order chi connectivity index (χ1) is 14.8. The molecule has 0 aromatic heterocycles. The fourth-order valence-electron chi connectivity index (χ4n) is 4.68. The zero-order valence-electron chi connectivity index (χ0n) is 23.1. The van der Waals surface area contributed by atoms with E-state index in [1.807, 2.05) is 0 Å². The Balaban J connectivity index is 4.30. The van der Waals surface area contributed by atoms with E-state index in [2.05, 4.69) is 71.6 Å². The van der Waals surface area contributed by atoms with Crippen LogP contribution in [0.3, 0.4) is 0 Å². The smallest absolute Gasteiger partial charge is 0.0118 e. The predicted octanol–water partition coefficient (Wildman–Crippen LogP) is 10.2. The van der Waals surface area contributed by atoms with E-state index in [1.54, 1.807) is 0 Å². The summed E-state index contributed by atoms with van der Waals surface area (Å²) < 4.78 is 2.72. The van der Waals surface area contributed by atoms with E-state index in [-0.39, 0.29) is 0 Å². The third kappa shape index (κ3) is 17.5. The van der Waals surface area contributed by atoms with E-state index >= 15 is 0 Å².